The molecule has 3 amide bonds. The Bertz CT molecular complexity index is 740. The molecule has 1 aliphatic heterocycles. The molecular weight excluding hydrogens is 340 g/mol. The average molecular weight is 366 g/mol. The van der Waals surface area contributed by atoms with Gasteiger partial charge in [-0.05, 0) is 37.1 Å². The smallest absolute Gasteiger partial charge is 0.328 e. The van der Waals surface area contributed by atoms with Crippen molar-refractivity contribution in [1.82, 2.24) is 9.80 Å². The maximum absolute atomic E-state index is 13.7. The lowest BCUT2D eigenvalue weighted by molar-refractivity contribution is -0.132. The lowest BCUT2D eigenvalue weighted by Gasteiger charge is -2.36. The number of hydrogen-bond donors (Lipinski definition) is 2. The molecule has 0 spiro atoms. The molecule has 6 heteroatoms. The van der Waals surface area contributed by atoms with E-state index >= 15 is 0 Å². The normalized spacial score (nSPS) is 16.2. The first-order valence-corrected chi connectivity index (χ1v) is 9.32. The summed E-state index contributed by atoms with van der Waals surface area (Å²) in [5, 5.41) is 0. The van der Waals surface area contributed by atoms with E-state index in [1.807, 2.05) is 60.7 Å². The molecule has 27 heavy (non-hydrogen) atoms. The predicted octanol–water partition coefficient (Wildman–Crippen LogP) is 1.89. The second-order valence-electron chi connectivity index (χ2n) is 6.62. The summed E-state index contributed by atoms with van der Waals surface area (Å²) < 4.78 is 0. The minimum absolute atomic E-state index is 0.227. The molecule has 6 nitrogen and oxygen atoms in total. The van der Waals surface area contributed by atoms with Crippen molar-refractivity contribution in [2.75, 3.05) is 26.2 Å². The summed E-state index contributed by atoms with van der Waals surface area (Å²) in [6.45, 7) is 1.59. The lowest BCUT2D eigenvalue weighted by Crippen LogP contribution is -2.48. The first-order valence-electron chi connectivity index (χ1n) is 9.32. The van der Waals surface area contributed by atoms with Gasteiger partial charge in [-0.25, -0.2) is 4.79 Å². The van der Waals surface area contributed by atoms with Gasteiger partial charge >= 0.3 is 6.03 Å². The van der Waals surface area contributed by atoms with Crippen molar-refractivity contribution in [3.63, 3.8) is 0 Å². The van der Waals surface area contributed by atoms with Gasteiger partial charge in [0.05, 0.1) is 0 Å². The number of urea groups is 1. The molecule has 0 atom stereocenters. The minimum atomic E-state index is -1.18. The highest BCUT2D eigenvalue weighted by molar-refractivity contribution is 6.09. The molecule has 3 rings (SSSR count). The molecule has 1 saturated heterocycles. The van der Waals surface area contributed by atoms with Gasteiger partial charge in [0, 0.05) is 13.1 Å². The predicted molar refractivity (Wildman–Crippen MR) is 105 cm³/mol. The number of hydrogen-bond acceptors (Lipinski definition) is 4. The summed E-state index contributed by atoms with van der Waals surface area (Å²) in [7, 11) is 0. The van der Waals surface area contributed by atoms with E-state index in [2.05, 4.69) is 0 Å². The first kappa shape index (κ1) is 19.1. The third-order valence-electron chi connectivity index (χ3n) is 4.98. The van der Waals surface area contributed by atoms with E-state index in [0.29, 0.717) is 39.0 Å². The van der Waals surface area contributed by atoms with Crippen LogP contribution in [-0.4, -0.2) is 47.9 Å². The van der Waals surface area contributed by atoms with Gasteiger partial charge in [-0.3, -0.25) is 9.69 Å². The Balaban J connectivity index is 2.21. The van der Waals surface area contributed by atoms with Crippen LogP contribution in [0.2, 0.25) is 0 Å². The molecule has 0 aliphatic carbocycles. The van der Waals surface area contributed by atoms with Crippen LogP contribution in [0.1, 0.15) is 24.0 Å². The number of rotatable bonds is 8. The molecule has 1 heterocycles. The molecule has 2 aromatic rings. The van der Waals surface area contributed by atoms with Crippen LogP contribution in [0.25, 0.3) is 0 Å². The Morgan fingerprint density at radius 1 is 0.741 bits per heavy atom. The van der Waals surface area contributed by atoms with Gasteiger partial charge in [-0.2, -0.15) is 0 Å². The van der Waals surface area contributed by atoms with Gasteiger partial charge in [0.2, 0.25) is 0 Å². The van der Waals surface area contributed by atoms with E-state index in [9.17, 15) is 9.59 Å². The molecular formula is C21H26N4O2. The summed E-state index contributed by atoms with van der Waals surface area (Å²) in [5.74, 6) is -0.227. The van der Waals surface area contributed by atoms with Gasteiger partial charge in [-0.15, -0.1) is 0 Å². The van der Waals surface area contributed by atoms with E-state index in [1.54, 1.807) is 4.90 Å². The quantitative estimate of drug-likeness (QED) is 0.698. The highest BCUT2D eigenvalue weighted by Crippen LogP contribution is 2.43. The van der Waals surface area contributed by atoms with Gasteiger partial charge in [0.25, 0.3) is 5.91 Å². The molecule has 4 N–H and O–H groups in total. The fourth-order valence-electron chi connectivity index (χ4n) is 3.73. The number of nitrogens with zero attached hydrogens (tertiary/aromatic N) is 2. The Kier molecular flexibility index (Phi) is 5.88. The van der Waals surface area contributed by atoms with E-state index in [1.165, 1.54) is 4.90 Å². The zero-order valence-electron chi connectivity index (χ0n) is 15.4. The molecule has 0 radical (unpaired) electrons. The average Bonchev–Trinajstić information content (AvgIpc) is 2.93. The Morgan fingerprint density at radius 3 is 1.70 bits per heavy atom. The van der Waals surface area contributed by atoms with Gasteiger partial charge in [0.1, 0.15) is 0 Å². The van der Waals surface area contributed by atoms with Crippen LogP contribution in [0.15, 0.2) is 60.7 Å². The number of carbonyl (C=O) groups is 2. The number of carbonyl (C=O) groups excluding carboxylic acids is 2. The first-order chi connectivity index (χ1) is 13.2. The van der Waals surface area contributed by atoms with Crippen molar-refractivity contribution in [3.05, 3.63) is 71.8 Å². The molecule has 0 saturated carbocycles. The fourth-order valence-corrected chi connectivity index (χ4v) is 3.73. The third-order valence-corrected chi connectivity index (χ3v) is 4.98. The van der Waals surface area contributed by atoms with Crippen LogP contribution in [0.3, 0.4) is 0 Å². The summed E-state index contributed by atoms with van der Waals surface area (Å²) >= 11 is 0. The second kappa shape index (κ2) is 8.33. The number of nitrogens with two attached hydrogens (primary N) is 2. The lowest BCUT2D eigenvalue weighted by atomic mass is 9.81. The zero-order chi connectivity index (χ0) is 19.3. The van der Waals surface area contributed by atoms with Crippen LogP contribution >= 0.6 is 0 Å². The Morgan fingerprint density at radius 2 is 1.22 bits per heavy atom. The van der Waals surface area contributed by atoms with Crippen molar-refractivity contribution in [2.24, 2.45) is 11.5 Å². The summed E-state index contributed by atoms with van der Waals surface area (Å²) in [6.07, 6.45) is 1.19. The van der Waals surface area contributed by atoms with Gasteiger partial charge in [0.15, 0.2) is 5.54 Å². The number of imide groups is 1. The summed E-state index contributed by atoms with van der Waals surface area (Å²) in [5.41, 5.74) is 11.7. The van der Waals surface area contributed by atoms with E-state index < -0.39 is 5.54 Å². The molecule has 142 valence electrons. The largest absolute Gasteiger partial charge is 0.330 e. The molecule has 0 unspecified atom stereocenters. The SMILES string of the molecule is NCCCN1C(=O)N(CCCN)C(c2ccccc2)(c2ccccc2)C1=O. The van der Waals surface area contributed by atoms with E-state index in [4.69, 9.17) is 11.5 Å². The van der Waals surface area contributed by atoms with Crippen LogP contribution < -0.4 is 11.5 Å². The van der Waals surface area contributed by atoms with Crippen LogP contribution in [0.5, 0.6) is 0 Å². The third kappa shape index (κ3) is 3.22. The van der Waals surface area contributed by atoms with Crippen LogP contribution in [0, 0.1) is 0 Å². The zero-order valence-corrected chi connectivity index (χ0v) is 15.4. The van der Waals surface area contributed by atoms with Gasteiger partial charge < -0.3 is 16.4 Å². The van der Waals surface area contributed by atoms with Crippen molar-refractivity contribution in [3.8, 4) is 0 Å². The number of benzene rings is 2. The highest BCUT2D eigenvalue weighted by Gasteiger charge is 2.58. The van der Waals surface area contributed by atoms with Crippen molar-refractivity contribution >= 4 is 11.9 Å². The second-order valence-corrected chi connectivity index (χ2v) is 6.62. The molecule has 1 fully saturated rings. The standard InChI is InChI=1S/C21H26N4O2/c22-13-7-15-24-19(26)21(17-9-3-1-4-10-17,18-11-5-2-6-12-18)25(20(24)27)16-8-14-23/h1-6,9-12H,7-8,13-16,22-23H2. The van der Waals surface area contributed by atoms with Crippen molar-refractivity contribution < 1.29 is 9.59 Å². The monoisotopic (exact) mass is 366 g/mol. The summed E-state index contributed by atoms with van der Waals surface area (Å²) in [4.78, 5) is 30.0. The van der Waals surface area contributed by atoms with E-state index in [-0.39, 0.29) is 11.9 Å². The fraction of sp³-hybridized carbons (Fsp3) is 0.333. The maximum atomic E-state index is 13.7. The molecule has 0 aromatic heterocycles. The topological polar surface area (TPSA) is 92.7 Å². The van der Waals surface area contributed by atoms with Crippen LogP contribution in [-0.2, 0) is 10.3 Å². The minimum Gasteiger partial charge on any atom is -0.330 e. The highest BCUT2D eigenvalue weighted by atomic mass is 16.2. The van der Waals surface area contributed by atoms with Crippen molar-refractivity contribution in [1.29, 1.82) is 0 Å². The number of amides is 3. The maximum Gasteiger partial charge on any atom is 0.328 e. The molecule has 2 aromatic carbocycles. The Labute approximate surface area is 159 Å². The van der Waals surface area contributed by atoms with Crippen molar-refractivity contribution in [2.45, 2.75) is 18.4 Å². The van der Waals surface area contributed by atoms with E-state index in [0.717, 1.165) is 11.1 Å². The van der Waals surface area contributed by atoms with Crippen LogP contribution in [0.4, 0.5) is 4.79 Å². The van der Waals surface area contributed by atoms with Gasteiger partial charge in [-0.1, -0.05) is 60.7 Å². The molecule has 0 bridgehead atoms. The summed E-state index contributed by atoms with van der Waals surface area (Å²) in [6, 6.07) is 18.7. The molecule has 1 aliphatic rings. The Hall–Kier alpha value is -2.70.